The molecule has 4 nitrogen and oxygen atoms in total. The quantitative estimate of drug-likeness (QED) is 0.838. The summed E-state index contributed by atoms with van der Waals surface area (Å²) in [7, 11) is 1.41. The van der Waals surface area contributed by atoms with Gasteiger partial charge in [-0.3, -0.25) is 4.90 Å². The third-order valence-corrected chi connectivity index (χ3v) is 1.98. The number of amides is 1. The lowest BCUT2D eigenvalue weighted by Crippen LogP contribution is -2.29. The molecule has 0 aliphatic rings. The van der Waals surface area contributed by atoms with Gasteiger partial charge in [0.05, 0.1) is 12.8 Å². The van der Waals surface area contributed by atoms with Gasteiger partial charge in [-0.1, -0.05) is 0 Å². The highest BCUT2D eigenvalue weighted by atomic mass is 19.1. The summed E-state index contributed by atoms with van der Waals surface area (Å²) in [6.45, 7) is 1.90. The van der Waals surface area contributed by atoms with Crippen LogP contribution in [0.5, 0.6) is 5.75 Å². The van der Waals surface area contributed by atoms with E-state index in [9.17, 15) is 9.18 Å². The molecule has 1 aromatic carbocycles. The summed E-state index contributed by atoms with van der Waals surface area (Å²) in [5.41, 5.74) is 0.215. The predicted molar refractivity (Wildman–Crippen MR) is 54.0 cm³/mol. The predicted octanol–water partition coefficient (Wildman–Crippen LogP) is 2.34. The first kappa shape index (κ1) is 11.3. The van der Waals surface area contributed by atoms with E-state index < -0.39 is 11.9 Å². The first-order chi connectivity index (χ1) is 7.10. The van der Waals surface area contributed by atoms with Gasteiger partial charge in [0.25, 0.3) is 0 Å². The molecular formula is C10H12FNO3. The fourth-order valence-electron chi connectivity index (χ4n) is 1.28. The molecule has 0 aliphatic heterocycles. The Balaban J connectivity index is 3.19. The number of hydrogen-bond donors (Lipinski definition) is 1. The van der Waals surface area contributed by atoms with Gasteiger partial charge < -0.3 is 9.84 Å². The molecule has 0 saturated carbocycles. The van der Waals surface area contributed by atoms with Crippen LogP contribution in [0.2, 0.25) is 0 Å². The molecule has 0 heterocycles. The lowest BCUT2D eigenvalue weighted by Gasteiger charge is -2.19. The van der Waals surface area contributed by atoms with Gasteiger partial charge in [0.15, 0.2) is 0 Å². The zero-order valence-electron chi connectivity index (χ0n) is 8.53. The van der Waals surface area contributed by atoms with Crippen LogP contribution in [0.3, 0.4) is 0 Å². The summed E-state index contributed by atoms with van der Waals surface area (Å²) < 4.78 is 17.9. The van der Waals surface area contributed by atoms with Crippen molar-refractivity contribution in [2.45, 2.75) is 6.92 Å². The van der Waals surface area contributed by atoms with Gasteiger partial charge in [-0.25, -0.2) is 9.18 Å². The van der Waals surface area contributed by atoms with E-state index in [-0.39, 0.29) is 12.2 Å². The Morgan fingerprint density at radius 2 is 2.27 bits per heavy atom. The molecule has 5 heteroatoms. The molecule has 0 saturated heterocycles. The Morgan fingerprint density at radius 1 is 1.60 bits per heavy atom. The van der Waals surface area contributed by atoms with Crippen LogP contribution in [0.4, 0.5) is 14.9 Å². The van der Waals surface area contributed by atoms with E-state index in [1.54, 1.807) is 6.92 Å². The summed E-state index contributed by atoms with van der Waals surface area (Å²) in [5.74, 6) is -0.161. The van der Waals surface area contributed by atoms with Crippen LogP contribution in [0.15, 0.2) is 18.2 Å². The van der Waals surface area contributed by atoms with Crippen molar-refractivity contribution in [2.75, 3.05) is 18.6 Å². The van der Waals surface area contributed by atoms with Crippen LogP contribution in [0, 0.1) is 5.82 Å². The minimum absolute atomic E-state index is 0.215. The molecule has 1 rings (SSSR count). The molecule has 0 fully saturated rings. The zero-order valence-corrected chi connectivity index (χ0v) is 8.53. The molecule has 0 unspecified atom stereocenters. The summed E-state index contributed by atoms with van der Waals surface area (Å²) >= 11 is 0. The Bertz CT molecular complexity index is 368. The van der Waals surface area contributed by atoms with Crippen LogP contribution < -0.4 is 9.64 Å². The number of hydrogen-bond acceptors (Lipinski definition) is 2. The molecular weight excluding hydrogens is 201 g/mol. The van der Waals surface area contributed by atoms with Crippen LogP contribution in [0.1, 0.15) is 6.92 Å². The average Bonchev–Trinajstić information content (AvgIpc) is 2.18. The third kappa shape index (κ3) is 2.37. The molecule has 15 heavy (non-hydrogen) atoms. The molecule has 0 aromatic heterocycles. The number of nitrogens with zero attached hydrogens (tertiary/aromatic N) is 1. The van der Waals surface area contributed by atoms with E-state index in [0.717, 1.165) is 11.0 Å². The van der Waals surface area contributed by atoms with Gasteiger partial charge in [0.1, 0.15) is 11.6 Å². The Kier molecular flexibility index (Phi) is 3.49. The largest absolute Gasteiger partial charge is 0.495 e. The van der Waals surface area contributed by atoms with Gasteiger partial charge in [-0.2, -0.15) is 0 Å². The first-order valence-electron chi connectivity index (χ1n) is 4.44. The molecule has 82 valence electrons. The Labute approximate surface area is 86.9 Å². The maximum absolute atomic E-state index is 13.0. The Hall–Kier alpha value is -1.78. The first-order valence-corrected chi connectivity index (χ1v) is 4.44. The average molecular weight is 213 g/mol. The third-order valence-electron chi connectivity index (χ3n) is 1.98. The van der Waals surface area contributed by atoms with Gasteiger partial charge in [-0.05, 0) is 19.1 Å². The second-order valence-corrected chi connectivity index (χ2v) is 2.84. The van der Waals surface area contributed by atoms with Crippen molar-refractivity contribution in [3.8, 4) is 5.75 Å². The fraction of sp³-hybridized carbons (Fsp3) is 0.300. The van der Waals surface area contributed by atoms with Crippen molar-refractivity contribution in [2.24, 2.45) is 0 Å². The second-order valence-electron chi connectivity index (χ2n) is 2.84. The SMILES string of the molecule is CCN(C(=O)O)c1cc(F)ccc1OC. The van der Waals surface area contributed by atoms with E-state index in [2.05, 4.69) is 0 Å². The fourth-order valence-corrected chi connectivity index (χ4v) is 1.28. The maximum atomic E-state index is 13.0. The summed E-state index contributed by atoms with van der Waals surface area (Å²) in [6.07, 6.45) is -1.14. The van der Waals surface area contributed by atoms with Crippen LogP contribution in [0.25, 0.3) is 0 Å². The Morgan fingerprint density at radius 3 is 2.73 bits per heavy atom. The number of rotatable bonds is 3. The summed E-state index contributed by atoms with van der Waals surface area (Å²) in [5, 5.41) is 8.89. The van der Waals surface area contributed by atoms with Crippen molar-refractivity contribution < 1.29 is 19.0 Å². The van der Waals surface area contributed by atoms with Gasteiger partial charge in [0.2, 0.25) is 0 Å². The molecule has 0 aliphatic carbocycles. The molecule has 0 atom stereocenters. The van der Waals surface area contributed by atoms with Gasteiger partial charge >= 0.3 is 6.09 Å². The number of methoxy groups -OCH3 is 1. The van der Waals surface area contributed by atoms with Crippen molar-refractivity contribution in [3.63, 3.8) is 0 Å². The molecule has 1 amide bonds. The standard InChI is InChI=1S/C10H12FNO3/c1-3-12(10(13)14)8-6-7(11)4-5-9(8)15-2/h4-6H,3H2,1-2H3,(H,13,14). The lowest BCUT2D eigenvalue weighted by atomic mass is 10.2. The highest BCUT2D eigenvalue weighted by molar-refractivity contribution is 5.88. The highest BCUT2D eigenvalue weighted by Gasteiger charge is 2.17. The number of halogens is 1. The summed E-state index contributed by atoms with van der Waals surface area (Å²) in [6, 6.07) is 3.75. The van der Waals surface area contributed by atoms with Crippen molar-refractivity contribution >= 4 is 11.8 Å². The number of ether oxygens (including phenoxy) is 1. The normalized spacial score (nSPS) is 9.80. The number of carbonyl (C=O) groups is 1. The van der Waals surface area contributed by atoms with E-state index in [1.165, 1.54) is 19.2 Å². The van der Waals surface area contributed by atoms with Gasteiger partial charge in [-0.15, -0.1) is 0 Å². The monoisotopic (exact) mass is 213 g/mol. The van der Waals surface area contributed by atoms with Crippen LogP contribution >= 0.6 is 0 Å². The topological polar surface area (TPSA) is 49.8 Å². The smallest absolute Gasteiger partial charge is 0.411 e. The highest BCUT2D eigenvalue weighted by Crippen LogP contribution is 2.28. The second kappa shape index (κ2) is 4.63. The molecule has 1 N–H and O–H groups in total. The molecule has 0 radical (unpaired) electrons. The van der Waals surface area contributed by atoms with Crippen molar-refractivity contribution in [3.05, 3.63) is 24.0 Å². The molecule has 1 aromatic rings. The van der Waals surface area contributed by atoms with E-state index >= 15 is 0 Å². The lowest BCUT2D eigenvalue weighted by molar-refractivity contribution is 0.202. The summed E-state index contributed by atoms with van der Waals surface area (Å²) in [4.78, 5) is 11.9. The molecule has 0 spiro atoms. The zero-order chi connectivity index (χ0) is 11.4. The maximum Gasteiger partial charge on any atom is 0.411 e. The van der Waals surface area contributed by atoms with Crippen molar-refractivity contribution in [1.82, 2.24) is 0 Å². The van der Waals surface area contributed by atoms with Crippen molar-refractivity contribution in [1.29, 1.82) is 0 Å². The van der Waals surface area contributed by atoms with Crippen LogP contribution in [-0.4, -0.2) is 24.9 Å². The van der Waals surface area contributed by atoms with Crippen LogP contribution in [-0.2, 0) is 0 Å². The van der Waals surface area contributed by atoms with E-state index in [0.29, 0.717) is 5.75 Å². The number of carboxylic acid groups (broad SMARTS) is 1. The number of benzene rings is 1. The minimum Gasteiger partial charge on any atom is -0.495 e. The molecule has 0 bridgehead atoms. The number of anilines is 1. The van der Waals surface area contributed by atoms with Gasteiger partial charge in [0, 0.05) is 12.6 Å². The van der Waals surface area contributed by atoms with E-state index in [1.807, 2.05) is 0 Å². The van der Waals surface area contributed by atoms with E-state index in [4.69, 9.17) is 9.84 Å². The minimum atomic E-state index is -1.14.